The van der Waals surface area contributed by atoms with Crippen LogP contribution in [0.25, 0.3) is 6.08 Å². The van der Waals surface area contributed by atoms with Gasteiger partial charge in [0.1, 0.15) is 11.4 Å². The zero-order valence-corrected chi connectivity index (χ0v) is 11.9. The van der Waals surface area contributed by atoms with E-state index in [0.717, 1.165) is 12.1 Å². The van der Waals surface area contributed by atoms with Crippen LogP contribution in [0.1, 0.15) is 16.1 Å². The van der Waals surface area contributed by atoms with Crippen molar-refractivity contribution in [2.24, 2.45) is 7.05 Å². The highest BCUT2D eigenvalue weighted by Gasteiger charge is 2.43. The number of alkyl halides is 4. The Kier molecular flexibility index (Phi) is 4.83. The molecule has 8 heteroatoms. The molecule has 0 aliphatic heterocycles. The molecule has 1 aromatic heterocycles. The van der Waals surface area contributed by atoms with Crippen molar-refractivity contribution in [3.8, 4) is 5.75 Å². The second-order valence-corrected chi connectivity index (χ2v) is 4.57. The van der Waals surface area contributed by atoms with Crippen LogP contribution in [0.4, 0.5) is 17.6 Å². The third kappa shape index (κ3) is 4.18. The average molecular weight is 328 g/mol. The third-order valence-corrected chi connectivity index (χ3v) is 2.87. The molecule has 0 aliphatic rings. The maximum atomic E-state index is 12.9. The van der Waals surface area contributed by atoms with Crippen molar-refractivity contribution in [1.82, 2.24) is 9.78 Å². The minimum atomic E-state index is -4.58. The summed E-state index contributed by atoms with van der Waals surface area (Å²) in [5, 5.41) is 3.85. The molecule has 1 heterocycles. The van der Waals surface area contributed by atoms with E-state index in [4.69, 9.17) is 0 Å². The van der Waals surface area contributed by atoms with E-state index in [1.807, 2.05) is 0 Å². The van der Waals surface area contributed by atoms with Gasteiger partial charge in [-0.05, 0) is 29.8 Å². The molecule has 2 rings (SSSR count). The number of ketones is 1. The number of hydrogen-bond donors (Lipinski definition) is 0. The van der Waals surface area contributed by atoms with Crippen LogP contribution in [-0.4, -0.2) is 28.1 Å². The summed E-state index contributed by atoms with van der Waals surface area (Å²) in [4.78, 5) is 11.9. The van der Waals surface area contributed by atoms with Gasteiger partial charge in [-0.15, -0.1) is 0 Å². The molecular weight excluding hydrogens is 316 g/mol. The Bertz CT molecular complexity index is 726. The maximum absolute atomic E-state index is 12.9. The smallest absolute Gasteiger partial charge is 0.428 e. The first-order chi connectivity index (χ1) is 10.8. The van der Waals surface area contributed by atoms with E-state index in [1.54, 1.807) is 7.05 Å². The Morgan fingerprint density at radius 2 is 2.09 bits per heavy atom. The minimum Gasteiger partial charge on any atom is -0.428 e. The molecule has 0 amide bonds. The number of ether oxygens (including phenoxy) is 1. The number of hydrogen-bond acceptors (Lipinski definition) is 3. The summed E-state index contributed by atoms with van der Waals surface area (Å²) in [5.74, 6) is -0.764. The second-order valence-electron chi connectivity index (χ2n) is 4.57. The lowest BCUT2D eigenvalue weighted by Gasteiger charge is -2.16. The zero-order valence-electron chi connectivity index (χ0n) is 11.9. The first-order valence-corrected chi connectivity index (χ1v) is 6.45. The summed E-state index contributed by atoms with van der Waals surface area (Å²) in [7, 11) is 1.60. The van der Waals surface area contributed by atoms with E-state index in [-0.39, 0.29) is 5.78 Å². The van der Waals surface area contributed by atoms with Gasteiger partial charge in [0.2, 0.25) is 5.78 Å². The molecule has 0 saturated carbocycles. The number of nitrogens with zero attached hydrogens (tertiary/aromatic N) is 2. The van der Waals surface area contributed by atoms with Crippen LogP contribution in [0.15, 0.2) is 42.6 Å². The van der Waals surface area contributed by atoms with Gasteiger partial charge >= 0.3 is 12.5 Å². The van der Waals surface area contributed by atoms with Crippen molar-refractivity contribution in [3.05, 3.63) is 53.9 Å². The van der Waals surface area contributed by atoms with E-state index in [0.29, 0.717) is 11.3 Å². The predicted octanol–water partition coefficient (Wildman–Crippen LogP) is 3.55. The van der Waals surface area contributed by atoms with Gasteiger partial charge in [-0.1, -0.05) is 18.2 Å². The lowest BCUT2D eigenvalue weighted by Crippen LogP contribution is -2.33. The minimum absolute atomic E-state index is 0.339. The van der Waals surface area contributed by atoms with Gasteiger partial charge in [0.05, 0.1) is 0 Å². The van der Waals surface area contributed by atoms with E-state index >= 15 is 0 Å². The van der Waals surface area contributed by atoms with E-state index in [1.165, 1.54) is 41.2 Å². The van der Waals surface area contributed by atoms with E-state index < -0.39 is 18.3 Å². The van der Waals surface area contributed by atoms with Gasteiger partial charge in [-0.3, -0.25) is 9.48 Å². The van der Waals surface area contributed by atoms with Crippen LogP contribution in [0.2, 0.25) is 0 Å². The number of benzene rings is 1. The number of rotatable bonds is 6. The number of aryl methyl sites for hydroxylation is 1. The number of halogens is 4. The molecule has 1 aromatic carbocycles. The molecule has 23 heavy (non-hydrogen) atoms. The fraction of sp³-hybridized carbons (Fsp3) is 0.200. The molecule has 0 radical (unpaired) electrons. The first kappa shape index (κ1) is 16.7. The van der Waals surface area contributed by atoms with Crippen molar-refractivity contribution >= 4 is 11.9 Å². The lowest BCUT2D eigenvalue weighted by atomic mass is 10.1. The molecule has 0 saturated heterocycles. The molecular formula is C15H12F4N2O2. The Morgan fingerprint density at radius 1 is 1.35 bits per heavy atom. The Labute approximate surface area is 129 Å². The van der Waals surface area contributed by atoms with Crippen molar-refractivity contribution in [1.29, 1.82) is 0 Å². The van der Waals surface area contributed by atoms with Crippen LogP contribution in [-0.2, 0) is 7.05 Å². The van der Waals surface area contributed by atoms with Gasteiger partial charge < -0.3 is 4.74 Å². The largest absolute Gasteiger partial charge is 0.461 e. The van der Waals surface area contributed by atoms with Gasteiger partial charge in [0, 0.05) is 13.2 Å². The molecule has 2 aromatic rings. The van der Waals surface area contributed by atoms with Gasteiger partial charge in [-0.2, -0.15) is 22.7 Å². The first-order valence-electron chi connectivity index (χ1n) is 6.45. The second kappa shape index (κ2) is 6.64. The third-order valence-electron chi connectivity index (χ3n) is 2.87. The molecule has 0 atom stereocenters. The van der Waals surface area contributed by atoms with Crippen molar-refractivity contribution in [3.63, 3.8) is 0 Å². The van der Waals surface area contributed by atoms with Crippen LogP contribution in [0, 0.1) is 0 Å². The molecule has 0 bridgehead atoms. The topological polar surface area (TPSA) is 44.1 Å². The molecule has 0 N–H and O–H groups in total. The predicted molar refractivity (Wildman–Crippen MR) is 74.6 cm³/mol. The highest BCUT2D eigenvalue weighted by atomic mass is 19.3. The summed E-state index contributed by atoms with van der Waals surface area (Å²) in [5.41, 5.74) is 0.695. The Morgan fingerprint density at radius 3 is 2.70 bits per heavy atom. The average Bonchev–Trinajstić information content (AvgIpc) is 2.91. The van der Waals surface area contributed by atoms with Crippen LogP contribution >= 0.6 is 0 Å². The quantitative estimate of drug-likeness (QED) is 0.463. The molecule has 0 aliphatic carbocycles. The van der Waals surface area contributed by atoms with Gasteiger partial charge in [0.15, 0.2) is 0 Å². The molecule has 122 valence electrons. The Hall–Kier alpha value is -2.64. The van der Waals surface area contributed by atoms with Crippen molar-refractivity contribution in [2.45, 2.75) is 12.5 Å². The zero-order chi connectivity index (χ0) is 17.0. The number of carbonyl (C=O) groups is 1. The van der Waals surface area contributed by atoms with Crippen molar-refractivity contribution in [2.75, 3.05) is 0 Å². The van der Waals surface area contributed by atoms with Gasteiger partial charge in [-0.25, -0.2) is 0 Å². The highest BCUT2D eigenvalue weighted by Crippen LogP contribution is 2.28. The summed E-state index contributed by atoms with van der Waals surface area (Å²) >= 11 is 0. The normalized spacial score (nSPS) is 12.1. The highest BCUT2D eigenvalue weighted by molar-refractivity contribution is 6.05. The molecule has 4 nitrogen and oxygen atoms in total. The lowest BCUT2D eigenvalue weighted by molar-refractivity contribution is -0.253. The fourth-order valence-corrected chi connectivity index (χ4v) is 1.76. The summed E-state index contributed by atoms with van der Waals surface area (Å²) < 4.78 is 55.3. The van der Waals surface area contributed by atoms with Crippen LogP contribution < -0.4 is 4.74 Å². The monoisotopic (exact) mass is 328 g/mol. The summed E-state index contributed by atoms with van der Waals surface area (Å²) in [6.45, 7) is 0. The number of allylic oxidation sites excluding steroid dienone is 1. The number of aromatic nitrogens is 2. The van der Waals surface area contributed by atoms with Gasteiger partial charge in [0.25, 0.3) is 0 Å². The van der Waals surface area contributed by atoms with Crippen LogP contribution in [0.5, 0.6) is 5.75 Å². The maximum Gasteiger partial charge on any atom is 0.461 e. The van der Waals surface area contributed by atoms with E-state index in [2.05, 4.69) is 9.84 Å². The fourth-order valence-electron chi connectivity index (χ4n) is 1.76. The summed E-state index contributed by atoms with van der Waals surface area (Å²) in [6.07, 6.45) is -4.47. The number of carbonyl (C=O) groups excluding carboxylic acids is 1. The SMILES string of the molecule is Cn1nccc1C(=O)/C=C/c1cccc(OC(F)(F)C(F)F)c1. The van der Waals surface area contributed by atoms with E-state index in [9.17, 15) is 22.4 Å². The standard InChI is InChI=1S/C15H12F4N2O2/c1-21-12(7-8-20-21)13(22)6-5-10-3-2-4-11(9-10)23-15(18,19)14(16)17/h2-9,14H,1H3/b6-5+. The molecule has 0 unspecified atom stereocenters. The molecule has 0 fully saturated rings. The molecule has 0 spiro atoms. The Balaban J connectivity index is 2.13. The van der Waals surface area contributed by atoms with Crippen molar-refractivity contribution < 1.29 is 27.1 Å². The summed E-state index contributed by atoms with van der Waals surface area (Å²) in [6, 6.07) is 6.64. The van der Waals surface area contributed by atoms with Crippen LogP contribution in [0.3, 0.4) is 0 Å².